The number of rotatable bonds is 6. The third kappa shape index (κ3) is 4.56. The van der Waals surface area contributed by atoms with Gasteiger partial charge in [0, 0.05) is 17.4 Å². The number of thioether (sulfide) groups is 1. The first kappa shape index (κ1) is 17.8. The SMILES string of the molecule is COc1cc(OC)cc(-c2nnc(SCc3cc(Cl)nc(Cl)c3)o2)c1. The largest absolute Gasteiger partial charge is 0.497 e. The van der Waals surface area contributed by atoms with E-state index in [1.165, 1.54) is 11.8 Å². The Morgan fingerprint density at radius 3 is 2.20 bits per heavy atom. The topological polar surface area (TPSA) is 70.3 Å². The van der Waals surface area contributed by atoms with Gasteiger partial charge in [-0.15, -0.1) is 10.2 Å². The van der Waals surface area contributed by atoms with Gasteiger partial charge in [-0.3, -0.25) is 0 Å². The van der Waals surface area contributed by atoms with E-state index in [2.05, 4.69) is 15.2 Å². The van der Waals surface area contributed by atoms with Gasteiger partial charge in [-0.1, -0.05) is 35.0 Å². The molecule has 130 valence electrons. The van der Waals surface area contributed by atoms with Crippen LogP contribution in [0.5, 0.6) is 11.5 Å². The summed E-state index contributed by atoms with van der Waals surface area (Å²) in [6.45, 7) is 0. The molecule has 1 aromatic carbocycles. The molecule has 0 aliphatic carbocycles. The molecule has 0 spiro atoms. The fourth-order valence-corrected chi connectivity index (χ4v) is 3.26. The van der Waals surface area contributed by atoms with Gasteiger partial charge in [0.15, 0.2) is 0 Å². The number of ether oxygens (including phenoxy) is 2. The monoisotopic (exact) mass is 397 g/mol. The molecule has 6 nitrogen and oxygen atoms in total. The first-order chi connectivity index (χ1) is 12.1. The maximum Gasteiger partial charge on any atom is 0.277 e. The molecule has 9 heteroatoms. The number of aromatic nitrogens is 3. The van der Waals surface area contributed by atoms with Crippen LogP contribution in [0.3, 0.4) is 0 Å². The van der Waals surface area contributed by atoms with E-state index in [1.807, 2.05) is 0 Å². The maximum atomic E-state index is 5.89. The summed E-state index contributed by atoms with van der Waals surface area (Å²) in [6.07, 6.45) is 0. The highest BCUT2D eigenvalue weighted by molar-refractivity contribution is 7.98. The number of methoxy groups -OCH3 is 2. The third-order valence-corrected chi connectivity index (χ3v) is 4.47. The summed E-state index contributed by atoms with van der Waals surface area (Å²) in [7, 11) is 3.16. The second-order valence-electron chi connectivity index (χ2n) is 4.88. The van der Waals surface area contributed by atoms with Crippen LogP contribution >= 0.6 is 35.0 Å². The average Bonchev–Trinajstić information content (AvgIpc) is 3.07. The molecule has 0 saturated heterocycles. The lowest BCUT2D eigenvalue weighted by molar-refractivity contribution is 0.394. The molecule has 0 saturated carbocycles. The predicted octanol–water partition coefficient (Wildman–Crippen LogP) is 4.75. The normalized spacial score (nSPS) is 10.7. The minimum atomic E-state index is 0.345. The molecule has 0 atom stereocenters. The van der Waals surface area contributed by atoms with Crippen LogP contribution < -0.4 is 9.47 Å². The number of halogens is 2. The van der Waals surface area contributed by atoms with E-state index in [4.69, 9.17) is 37.1 Å². The van der Waals surface area contributed by atoms with Gasteiger partial charge in [0.1, 0.15) is 21.8 Å². The predicted molar refractivity (Wildman–Crippen MR) is 96.7 cm³/mol. The molecule has 0 unspecified atom stereocenters. The second-order valence-corrected chi connectivity index (χ2v) is 6.59. The Kier molecular flexibility index (Phi) is 5.67. The molecular formula is C16H13Cl2N3O3S. The third-order valence-electron chi connectivity index (χ3n) is 3.19. The van der Waals surface area contributed by atoms with E-state index in [9.17, 15) is 0 Å². The van der Waals surface area contributed by atoms with Gasteiger partial charge in [0.05, 0.1) is 14.2 Å². The lowest BCUT2D eigenvalue weighted by atomic mass is 10.2. The fraction of sp³-hybridized carbons (Fsp3) is 0.188. The smallest absolute Gasteiger partial charge is 0.277 e. The van der Waals surface area contributed by atoms with Crippen molar-refractivity contribution >= 4 is 35.0 Å². The minimum Gasteiger partial charge on any atom is -0.497 e. The van der Waals surface area contributed by atoms with E-state index in [0.717, 1.165) is 5.56 Å². The summed E-state index contributed by atoms with van der Waals surface area (Å²) in [6, 6.07) is 8.85. The van der Waals surface area contributed by atoms with Crippen molar-refractivity contribution in [1.29, 1.82) is 0 Å². The Morgan fingerprint density at radius 1 is 0.960 bits per heavy atom. The van der Waals surface area contributed by atoms with Crippen LogP contribution in [0, 0.1) is 0 Å². The number of benzene rings is 1. The van der Waals surface area contributed by atoms with Crippen LogP contribution in [0.1, 0.15) is 5.56 Å². The molecular weight excluding hydrogens is 385 g/mol. The van der Waals surface area contributed by atoms with Crippen molar-refractivity contribution in [1.82, 2.24) is 15.2 Å². The van der Waals surface area contributed by atoms with Crippen molar-refractivity contribution in [3.05, 3.63) is 46.2 Å². The summed E-state index contributed by atoms with van der Waals surface area (Å²) in [5.74, 6) is 2.24. The van der Waals surface area contributed by atoms with Crippen molar-refractivity contribution in [2.24, 2.45) is 0 Å². The summed E-state index contributed by atoms with van der Waals surface area (Å²) < 4.78 is 16.2. The lowest BCUT2D eigenvalue weighted by Gasteiger charge is -2.05. The van der Waals surface area contributed by atoms with Crippen molar-refractivity contribution in [3.63, 3.8) is 0 Å². The van der Waals surface area contributed by atoms with Crippen molar-refractivity contribution < 1.29 is 13.9 Å². The van der Waals surface area contributed by atoms with Crippen LogP contribution in [-0.4, -0.2) is 29.4 Å². The molecule has 0 fully saturated rings. The number of hydrogen-bond donors (Lipinski definition) is 0. The van der Waals surface area contributed by atoms with Crippen LogP contribution in [0.15, 0.2) is 40.0 Å². The molecule has 0 aliphatic rings. The fourth-order valence-electron chi connectivity index (χ4n) is 2.06. The zero-order chi connectivity index (χ0) is 17.8. The van der Waals surface area contributed by atoms with Crippen LogP contribution in [-0.2, 0) is 5.75 Å². The second kappa shape index (κ2) is 7.95. The molecule has 0 amide bonds. The van der Waals surface area contributed by atoms with Gasteiger partial charge in [-0.25, -0.2) is 4.98 Å². The molecule has 0 aliphatic heterocycles. The zero-order valence-corrected chi connectivity index (χ0v) is 15.7. The van der Waals surface area contributed by atoms with E-state index >= 15 is 0 Å². The van der Waals surface area contributed by atoms with Crippen LogP contribution in [0.2, 0.25) is 10.3 Å². The molecule has 2 aromatic heterocycles. The number of nitrogens with zero attached hydrogens (tertiary/aromatic N) is 3. The van der Waals surface area contributed by atoms with Gasteiger partial charge in [0.25, 0.3) is 5.22 Å². The quantitative estimate of drug-likeness (QED) is 0.438. The van der Waals surface area contributed by atoms with Crippen LogP contribution in [0.4, 0.5) is 0 Å². The minimum absolute atomic E-state index is 0.345. The standard InChI is InChI=1S/C16H13Cl2N3O3S/c1-22-11-5-10(6-12(7-11)23-2)15-20-21-16(24-15)25-8-9-3-13(17)19-14(18)4-9/h3-7H,8H2,1-2H3. The Labute approximate surface area is 158 Å². The van der Waals surface area contributed by atoms with Gasteiger partial charge in [0.2, 0.25) is 5.89 Å². The molecule has 0 radical (unpaired) electrons. The first-order valence-corrected chi connectivity index (χ1v) is 8.83. The molecule has 2 heterocycles. The number of pyridine rings is 1. The van der Waals surface area contributed by atoms with Gasteiger partial charge >= 0.3 is 0 Å². The Morgan fingerprint density at radius 2 is 1.60 bits per heavy atom. The average molecular weight is 398 g/mol. The molecule has 0 bridgehead atoms. The summed E-state index contributed by atoms with van der Waals surface area (Å²) in [4.78, 5) is 3.91. The molecule has 3 rings (SSSR count). The molecule has 3 aromatic rings. The summed E-state index contributed by atoms with van der Waals surface area (Å²) >= 11 is 13.2. The van der Waals surface area contributed by atoms with E-state index in [1.54, 1.807) is 44.6 Å². The Balaban J connectivity index is 1.76. The van der Waals surface area contributed by atoms with Crippen molar-refractivity contribution in [2.45, 2.75) is 11.0 Å². The number of hydrogen-bond acceptors (Lipinski definition) is 7. The van der Waals surface area contributed by atoms with E-state index in [0.29, 0.717) is 44.2 Å². The highest BCUT2D eigenvalue weighted by atomic mass is 35.5. The first-order valence-electron chi connectivity index (χ1n) is 7.09. The van der Waals surface area contributed by atoms with E-state index < -0.39 is 0 Å². The van der Waals surface area contributed by atoms with E-state index in [-0.39, 0.29) is 0 Å². The molecule has 25 heavy (non-hydrogen) atoms. The summed E-state index contributed by atoms with van der Waals surface area (Å²) in [5, 5.41) is 9.24. The molecule has 0 N–H and O–H groups in total. The summed E-state index contributed by atoms with van der Waals surface area (Å²) in [5.41, 5.74) is 1.63. The van der Waals surface area contributed by atoms with Crippen molar-refractivity contribution in [2.75, 3.05) is 14.2 Å². The van der Waals surface area contributed by atoms with Crippen molar-refractivity contribution in [3.8, 4) is 23.0 Å². The maximum absolute atomic E-state index is 5.89. The highest BCUT2D eigenvalue weighted by Gasteiger charge is 2.12. The van der Waals surface area contributed by atoms with Gasteiger partial charge in [-0.2, -0.15) is 0 Å². The Hall–Kier alpha value is -1.96. The highest BCUT2D eigenvalue weighted by Crippen LogP contribution is 2.31. The zero-order valence-electron chi connectivity index (χ0n) is 13.3. The lowest BCUT2D eigenvalue weighted by Crippen LogP contribution is -1.88. The van der Waals surface area contributed by atoms with Crippen LogP contribution in [0.25, 0.3) is 11.5 Å². The van der Waals surface area contributed by atoms with Gasteiger partial charge in [-0.05, 0) is 29.8 Å². The Bertz CT molecular complexity index is 846. The van der Waals surface area contributed by atoms with Gasteiger partial charge < -0.3 is 13.9 Å².